The van der Waals surface area contributed by atoms with Crippen molar-refractivity contribution in [1.82, 2.24) is 41.1 Å². The van der Waals surface area contributed by atoms with Gasteiger partial charge in [0.15, 0.2) is 0 Å². The quantitative estimate of drug-likeness (QED) is 0.272. The van der Waals surface area contributed by atoms with Crippen molar-refractivity contribution in [2.24, 2.45) is 11.7 Å². The minimum Gasteiger partial charge on any atom is -0.350 e. The Morgan fingerprint density at radius 3 is 2.50 bits per heavy atom. The number of alkyl halides is 2. The summed E-state index contributed by atoms with van der Waals surface area (Å²) in [6.07, 6.45) is -2.09. The van der Waals surface area contributed by atoms with E-state index in [1.54, 1.807) is 5.01 Å². The third-order valence-electron chi connectivity index (χ3n) is 7.83. The number of piperidine rings is 1. The highest BCUT2D eigenvalue weighted by atomic mass is 19.1. The molecule has 13 heteroatoms. The number of likely N-dealkylation sites (tertiary alicyclic amines) is 1. The lowest BCUT2D eigenvalue weighted by molar-refractivity contribution is -0.135. The lowest BCUT2D eigenvalue weighted by atomic mass is 9.94. The van der Waals surface area contributed by atoms with Gasteiger partial charge in [-0.1, -0.05) is 0 Å². The maximum Gasteiger partial charge on any atom is 0.236 e. The van der Waals surface area contributed by atoms with Crippen LogP contribution in [0.3, 0.4) is 0 Å². The van der Waals surface area contributed by atoms with Crippen LogP contribution in [0.15, 0.2) is 0 Å². The fourth-order valence-electron chi connectivity index (χ4n) is 5.85. The number of fused-ring (bicyclic) bond motifs is 1. The molecule has 5 heterocycles. The molecule has 0 aromatic rings. The first kappa shape index (κ1) is 24.2. The fourth-order valence-corrected chi connectivity index (χ4v) is 5.85. The molecular weight excluding hydrogens is 448 g/mol. The average Bonchev–Trinajstić information content (AvgIpc) is 3.11. The molecule has 0 radical (unpaired) electrons. The molecule has 0 saturated carbocycles. The molecule has 5 aliphatic rings. The number of halogens is 2. The Kier molecular flexibility index (Phi) is 7.30. The highest BCUT2D eigenvalue weighted by molar-refractivity contribution is 5.81. The maximum absolute atomic E-state index is 15.1. The fraction of sp³-hybridized carbons (Fsp3) is 0.905. The number of carbonyl (C=O) groups excluding carboxylic acids is 2. The van der Waals surface area contributed by atoms with Crippen molar-refractivity contribution < 1.29 is 18.4 Å². The predicted molar refractivity (Wildman–Crippen MR) is 121 cm³/mol. The summed E-state index contributed by atoms with van der Waals surface area (Å²) >= 11 is 0. The molecule has 0 aromatic heterocycles. The van der Waals surface area contributed by atoms with E-state index in [2.05, 4.69) is 31.2 Å². The molecule has 5 rings (SSSR count). The van der Waals surface area contributed by atoms with E-state index >= 15 is 4.39 Å². The summed E-state index contributed by atoms with van der Waals surface area (Å²) in [7, 11) is 0. The number of rotatable bonds is 5. The van der Waals surface area contributed by atoms with Crippen molar-refractivity contribution >= 4 is 11.8 Å². The van der Waals surface area contributed by atoms with Crippen molar-refractivity contribution in [2.45, 2.75) is 43.2 Å². The van der Waals surface area contributed by atoms with Gasteiger partial charge in [-0.3, -0.25) is 24.7 Å². The second-order valence-electron chi connectivity index (χ2n) is 10.1. The minimum atomic E-state index is -1.14. The Bertz CT molecular complexity index is 752. The summed E-state index contributed by atoms with van der Waals surface area (Å²) in [4.78, 5) is 31.9. The Balaban J connectivity index is 1.19. The molecule has 0 aromatic carbocycles. The van der Waals surface area contributed by atoms with Crippen LogP contribution in [-0.2, 0) is 9.59 Å². The van der Waals surface area contributed by atoms with Gasteiger partial charge in [-0.25, -0.2) is 19.2 Å². The number of hydrazine groups is 1. The largest absolute Gasteiger partial charge is 0.350 e. The van der Waals surface area contributed by atoms with Crippen LogP contribution in [0.25, 0.3) is 0 Å². The SMILES string of the molecule is NC1NN2CC(F)CNC2C1C(=O)NC1CNCC(F)C1N1CCN(C(=O)CN2CCC2)CC1. The van der Waals surface area contributed by atoms with Crippen molar-refractivity contribution in [1.29, 1.82) is 0 Å². The highest BCUT2D eigenvalue weighted by Crippen LogP contribution is 2.24. The van der Waals surface area contributed by atoms with E-state index in [9.17, 15) is 14.0 Å². The lowest BCUT2D eigenvalue weighted by Crippen LogP contribution is -2.68. The first-order chi connectivity index (χ1) is 16.4. The van der Waals surface area contributed by atoms with Gasteiger partial charge >= 0.3 is 0 Å². The second kappa shape index (κ2) is 10.2. The van der Waals surface area contributed by atoms with Crippen LogP contribution < -0.4 is 27.1 Å². The summed E-state index contributed by atoms with van der Waals surface area (Å²) < 4.78 is 28.9. The number of nitrogens with one attached hydrogen (secondary N) is 4. The number of hydrogen-bond donors (Lipinski definition) is 5. The maximum atomic E-state index is 15.1. The molecule has 34 heavy (non-hydrogen) atoms. The molecule has 7 unspecified atom stereocenters. The van der Waals surface area contributed by atoms with Crippen LogP contribution in [0.2, 0.25) is 0 Å². The van der Waals surface area contributed by atoms with Crippen molar-refractivity contribution in [2.75, 3.05) is 72.0 Å². The normalized spacial score (nSPS) is 40.0. The smallest absolute Gasteiger partial charge is 0.236 e. The first-order valence-corrected chi connectivity index (χ1v) is 12.5. The van der Waals surface area contributed by atoms with Gasteiger partial charge in [-0.05, 0) is 19.5 Å². The van der Waals surface area contributed by atoms with E-state index in [4.69, 9.17) is 5.73 Å². The molecule has 0 spiro atoms. The molecule has 0 bridgehead atoms. The van der Waals surface area contributed by atoms with Gasteiger partial charge in [0.05, 0.1) is 36.9 Å². The van der Waals surface area contributed by atoms with Crippen LogP contribution in [0.1, 0.15) is 6.42 Å². The van der Waals surface area contributed by atoms with Gasteiger partial charge in [0, 0.05) is 52.4 Å². The van der Waals surface area contributed by atoms with E-state index < -0.39 is 42.7 Å². The first-order valence-electron chi connectivity index (χ1n) is 12.5. The summed E-state index contributed by atoms with van der Waals surface area (Å²) in [5.41, 5.74) is 9.15. The van der Waals surface area contributed by atoms with E-state index in [-0.39, 0.29) is 31.4 Å². The average molecular weight is 486 g/mol. The predicted octanol–water partition coefficient (Wildman–Crippen LogP) is -3.38. The molecule has 2 amide bonds. The molecule has 5 saturated heterocycles. The summed E-state index contributed by atoms with van der Waals surface area (Å²) in [5.74, 6) is -0.759. The van der Waals surface area contributed by atoms with Gasteiger partial charge in [0.25, 0.3) is 0 Å². The summed E-state index contributed by atoms with van der Waals surface area (Å²) in [6.45, 7) is 5.70. The number of nitrogens with two attached hydrogens (primary N) is 1. The topological polar surface area (TPSA) is 121 Å². The third kappa shape index (κ3) is 4.92. The highest BCUT2D eigenvalue weighted by Gasteiger charge is 2.48. The molecule has 11 nitrogen and oxygen atoms in total. The van der Waals surface area contributed by atoms with Gasteiger partial charge in [-0.2, -0.15) is 0 Å². The molecule has 5 fully saturated rings. The van der Waals surface area contributed by atoms with E-state index in [1.807, 2.05) is 4.90 Å². The molecule has 6 N–H and O–H groups in total. The minimum absolute atomic E-state index is 0.133. The Hall–Kier alpha value is -1.48. The number of hydrogen-bond acceptors (Lipinski definition) is 9. The number of amides is 2. The molecule has 7 atom stereocenters. The molecular formula is C21H37F2N9O2. The van der Waals surface area contributed by atoms with Gasteiger partial charge < -0.3 is 21.3 Å². The zero-order valence-electron chi connectivity index (χ0n) is 19.5. The number of piperazine rings is 1. The van der Waals surface area contributed by atoms with Gasteiger partial charge in [0.1, 0.15) is 12.3 Å². The van der Waals surface area contributed by atoms with Crippen molar-refractivity contribution in [3.63, 3.8) is 0 Å². The van der Waals surface area contributed by atoms with E-state index in [0.717, 1.165) is 19.5 Å². The van der Waals surface area contributed by atoms with Crippen LogP contribution in [0, 0.1) is 5.92 Å². The summed E-state index contributed by atoms with van der Waals surface area (Å²) in [6, 6.07) is -0.910. The van der Waals surface area contributed by atoms with Crippen LogP contribution >= 0.6 is 0 Å². The third-order valence-corrected chi connectivity index (χ3v) is 7.83. The molecule has 0 aliphatic carbocycles. The zero-order chi connectivity index (χ0) is 23.8. The van der Waals surface area contributed by atoms with Gasteiger partial charge in [0.2, 0.25) is 11.8 Å². The Morgan fingerprint density at radius 1 is 1.03 bits per heavy atom. The molecule has 192 valence electrons. The Morgan fingerprint density at radius 2 is 1.79 bits per heavy atom. The standard InChI is InChI=1S/C21H37F2N9O2/c22-13-8-26-20-17(19(24)28-32(20)11-13)21(34)27-15-10-25-9-14(23)18(15)31-6-4-30(5-7-31)16(33)12-29-2-1-3-29/h13-15,17-20,25-26,28H,1-12,24H2,(H,27,34). The zero-order valence-corrected chi connectivity index (χ0v) is 19.5. The van der Waals surface area contributed by atoms with Crippen molar-refractivity contribution in [3.05, 3.63) is 0 Å². The van der Waals surface area contributed by atoms with Gasteiger partial charge in [-0.15, -0.1) is 0 Å². The molecule has 5 aliphatic heterocycles. The number of nitrogens with zero attached hydrogens (tertiary/aromatic N) is 4. The van der Waals surface area contributed by atoms with Crippen LogP contribution in [0.5, 0.6) is 0 Å². The van der Waals surface area contributed by atoms with E-state index in [0.29, 0.717) is 39.3 Å². The van der Waals surface area contributed by atoms with Crippen LogP contribution in [-0.4, -0.2) is 140 Å². The monoisotopic (exact) mass is 485 g/mol. The van der Waals surface area contributed by atoms with Crippen molar-refractivity contribution in [3.8, 4) is 0 Å². The van der Waals surface area contributed by atoms with Crippen LogP contribution in [0.4, 0.5) is 8.78 Å². The lowest BCUT2D eigenvalue weighted by Gasteiger charge is -2.46. The second-order valence-corrected chi connectivity index (χ2v) is 10.1. The number of carbonyl (C=O) groups is 2. The van der Waals surface area contributed by atoms with E-state index in [1.165, 1.54) is 0 Å². The summed E-state index contributed by atoms with van der Waals surface area (Å²) in [5, 5.41) is 10.8. The Labute approximate surface area is 198 Å².